The average molecular weight is 232 g/mol. The van der Waals surface area contributed by atoms with E-state index in [0.29, 0.717) is 5.56 Å². The first kappa shape index (κ1) is 12.8. The van der Waals surface area contributed by atoms with Crippen LogP contribution in [-0.2, 0) is 14.3 Å². The van der Waals surface area contributed by atoms with Crippen LogP contribution in [0.2, 0.25) is 0 Å². The number of hydrogen-bond acceptors (Lipinski definition) is 3. The molecule has 0 fully saturated rings. The highest BCUT2D eigenvalue weighted by Gasteiger charge is 2.29. The van der Waals surface area contributed by atoms with Gasteiger partial charge in [0.15, 0.2) is 12.5 Å². The average Bonchev–Trinajstić information content (AvgIpc) is 2.30. The van der Waals surface area contributed by atoms with E-state index in [1.54, 1.807) is 37.3 Å². The van der Waals surface area contributed by atoms with E-state index in [1.165, 1.54) is 0 Å². The maximum absolute atomic E-state index is 11.6. The number of esters is 1. The van der Waals surface area contributed by atoms with Gasteiger partial charge in [0.1, 0.15) is 0 Å². The normalized spacial score (nSPS) is 10.9. The Kier molecular flexibility index (Phi) is 4.77. The Morgan fingerprint density at radius 2 is 2.00 bits per heavy atom. The molecule has 17 heavy (non-hydrogen) atoms. The highest BCUT2D eigenvalue weighted by atomic mass is 16.5. The zero-order chi connectivity index (χ0) is 12.7. The minimum absolute atomic E-state index is 0.0913. The van der Waals surface area contributed by atoms with Crippen molar-refractivity contribution < 1.29 is 19.4 Å². The molecule has 0 aromatic heterocycles. The van der Waals surface area contributed by atoms with Gasteiger partial charge in [0.05, 0.1) is 0 Å². The summed E-state index contributed by atoms with van der Waals surface area (Å²) < 4.78 is 4.77. The van der Waals surface area contributed by atoms with Gasteiger partial charge < -0.3 is 9.84 Å². The Morgan fingerprint density at radius 1 is 1.35 bits per heavy atom. The Labute approximate surface area is 99.2 Å². The van der Waals surface area contributed by atoms with Gasteiger partial charge in [-0.2, -0.15) is 0 Å². The molecule has 0 aliphatic rings. The number of carbonyl (C=O) groups excluding carboxylic acids is 1. The molecule has 1 rings (SSSR count). The molecule has 4 nitrogen and oxygen atoms in total. The SMILES string of the molecule is CC#CCOC(=O)C(C(=O)O)c1ccccc1. The van der Waals surface area contributed by atoms with Gasteiger partial charge in [-0.1, -0.05) is 36.3 Å². The van der Waals surface area contributed by atoms with Crippen molar-refractivity contribution in [2.45, 2.75) is 12.8 Å². The molecule has 88 valence electrons. The molecule has 1 aromatic rings. The smallest absolute Gasteiger partial charge is 0.325 e. The van der Waals surface area contributed by atoms with Crippen molar-refractivity contribution in [1.29, 1.82) is 0 Å². The summed E-state index contributed by atoms with van der Waals surface area (Å²) in [6.07, 6.45) is 0. The third-order valence-electron chi connectivity index (χ3n) is 2.08. The monoisotopic (exact) mass is 232 g/mol. The predicted molar refractivity (Wildman–Crippen MR) is 61.2 cm³/mol. The largest absolute Gasteiger partial charge is 0.480 e. The van der Waals surface area contributed by atoms with Crippen molar-refractivity contribution in [1.82, 2.24) is 0 Å². The van der Waals surface area contributed by atoms with Crippen LogP contribution in [0, 0.1) is 11.8 Å². The zero-order valence-electron chi connectivity index (χ0n) is 9.34. The lowest BCUT2D eigenvalue weighted by Crippen LogP contribution is -2.24. The van der Waals surface area contributed by atoms with E-state index >= 15 is 0 Å². The van der Waals surface area contributed by atoms with Crippen LogP contribution < -0.4 is 0 Å². The van der Waals surface area contributed by atoms with Crippen molar-refractivity contribution in [3.8, 4) is 11.8 Å². The first-order chi connectivity index (χ1) is 8.16. The summed E-state index contributed by atoms with van der Waals surface area (Å²) in [6.45, 7) is 1.52. The third-order valence-corrected chi connectivity index (χ3v) is 2.08. The number of carbonyl (C=O) groups is 2. The van der Waals surface area contributed by atoms with Crippen molar-refractivity contribution in [3.63, 3.8) is 0 Å². The summed E-state index contributed by atoms with van der Waals surface area (Å²) in [4.78, 5) is 22.6. The number of benzene rings is 1. The fourth-order valence-corrected chi connectivity index (χ4v) is 1.29. The molecule has 0 amide bonds. The molecule has 0 aliphatic heterocycles. The third kappa shape index (κ3) is 3.65. The van der Waals surface area contributed by atoms with Gasteiger partial charge in [-0.3, -0.25) is 9.59 Å². The lowest BCUT2D eigenvalue weighted by atomic mass is 10.00. The van der Waals surface area contributed by atoms with Gasteiger partial charge in [0, 0.05) is 0 Å². The van der Waals surface area contributed by atoms with Crippen molar-refractivity contribution in [2.75, 3.05) is 6.61 Å². The van der Waals surface area contributed by atoms with Crippen LogP contribution in [0.5, 0.6) is 0 Å². The standard InChI is InChI=1S/C13H12O4/c1-2-3-9-17-13(16)11(12(14)15)10-7-5-4-6-8-10/h4-8,11H,9H2,1H3,(H,14,15). The molecule has 0 spiro atoms. The quantitative estimate of drug-likeness (QED) is 0.484. The minimum Gasteiger partial charge on any atom is -0.480 e. The summed E-state index contributed by atoms with van der Waals surface area (Å²) in [5.41, 5.74) is 0.398. The summed E-state index contributed by atoms with van der Waals surface area (Å²) >= 11 is 0. The van der Waals surface area contributed by atoms with Gasteiger partial charge in [0.2, 0.25) is 0 Å². The van der Waals surface area contributed by atoms with E-state index < -0.39 is 17.9 Å². The Hall–Kier alpha value is -2.28. The Bertz CT molecular complexity index is 453. The predicted octanol–water partition coefficient (Wildman–Crippen LogP) is 1.42. The summed E-state index contributed by atoms with van der Waals surface area (Å²) in [7, 11) is 0. The maximum atomic E-state index is 11.6. The van der Waals surface area contributed by atoms with Crippen molar-refractivity contribution >= 4 is 11.9 Å². The van der Waals surface area contributed by atoms with E-state index in [-0.39, 0.29) is 6.61 Å². The molecule has 0 heterocycles. The van der Waals surface area contributed by atoms with Crippen LogP contribution in [0.15, 0.2) is 30.3 Å². The summed E-state index contributed by atoms with van der Waals surface area (Å²) in [5, 5.41) is 9.02. The van der Waals surface area contributed by atoms with Gasteiger partial charge in [-0.25, -0.2) is 0 Å². The molecule has 4 heteroatoms. The second-order valence-electron chi connectivity index (χ2n) is 3.22. The fraction of sp³-hybridized carbons (Fsp3) is 0.231. The van der Waals surface area contributed by atoms with E-state index in [2.05, 4.69) is 11.8 Å². The van der Waals surface area contributed by atoms with Gasteiger partial charge >= 0.3 is 11.9 Å². The number of carboxylic acid groups (broad SMARTS) is 1. The second-order valence-corrected chi connectivity index (χ2v) is 3.22. The van der Waals surface area contributed by atoms with E-state index in [0.717, 1.165) is 0 Å². The molecule has 0 saturated carbocycles. The van der Waals surface area contributed by atoms with E-state index in [1.807, 2.05) is 0 Å². The van der Waals surface area contributed by atoms with Gasteiger partial charge in [-0.05, 0) is 12.5 Å². The lowest BCUT2D eigenvalue weighted by molar-refractivity contribution is -0.153. The number of rotatable bonds is 4. The molecule has 1 atom stereocenters. The van der Waals surface area contributed by atoms with Crippen LogP contribution >= 0.6 is 0 Å². The molecule has 0 bridgehead atoms. The van der Waals surface area contributed by atoms with Crippen LogP contribution in [0.4, 0.5) is 0 Å². The summed E-state index contributed by atoms with van der Waals surface area (Å²) in [6, 6.07) is 8.24. The molecule has 1 unspecified atom stereocenters. The number of hydrogen-bond donors (Lipinski definition) is 1. The number of carboxylic acids is 1. The highest BCUT2D eigenvalue weighted by molar-refractivity contribution is 5.99. The highest BCUT2D eigenvalue weighted by Crippen LogP contribution is 2.17. The maximum Gasteiger partial charge on any atom is 0.325 e. The van der Waals surface area contributed by atoms with Crippen LogP contribution in [-0.4, -0.2) is 23.7 Å². The molecule has 0 aliphatic carbocycles. The first-order valence-corrected chi connectivity index (χ1v) is 5.00. The van der Waals surface area contributed by atoms with Gasteiger partial charge in [0.25, 0.3) is 0 Å². The van der Waals surface area contributed by atoms with E-state index in [4.69, 9.17) is 9.84 Å². The molecule has 1 aromatic carbocycles. The zero-order valence-corrected chi connectivity index (χ0v) is 9.34. The number of ether oxygens (including phenoxy) is 1. The Balaban J connectivity index is 2.82. The van der Waals surface area contributed by atoms with Gasteiger partial charge in [-0.15, -0.1) is 5.92 Å². The van der Waals surface area contributed by atoms with E-state index in [9.17, 15) is 9.59 Å². The molecular weight excluding hydrogens is 220 g/mol. The summed E-state index contributed by atoms with van der Waals surface area (Å²) in [5.74, 6) is 1.77. The lowest BCUT2D eigenvalue weighted by Gasteiger charge is -2.10. The minimum atomic E-state index is -1.30. The molecular formula is C13H12O4. The Morgan fingerprint density at radius 3 is 2.53 bits per heavy atom. The van der Waals surface area contributed by atoms with Crippen LogP contribution in [0.3, 0.4) is 0 Å². The second kappa shape index (κ2) is 6.33. The first-order valence-electron chi connectivity index (χ1n) is 5.00. The van der Waals surface area contributed by atoms with Crippen molar-refractivity contribution in [3.05, 3.63) is 35.9 Å². The fourth-order valence-electron chi connectivity index (χ4n) is 1.29. The van der Waals surface area contributed by atoms with Crippen LogP contribution in [0.1, 0.15) is 18.4 Å². The molecule has 0 saturated heterocycles. The van der Waals surface area contributed by atoms with Crippen molar-refractivity contribution in [2.24, 2.45) is 0 Å². The molecule has 0 radical (unpaired) electrons. The topological polar surface area (TPSA) is 63.6 Å². The number of aliphatic carboxylic acids is 1. The van der Waals surface area contributed by atoms with Crippen LogP contribution in [0.25, 0.3) is 0 Å². The molecule has 1 N–H and O–H groups in total.